The van der Waals surface area contributed by atoms with E-state index in [0.29, 0.717) is 34.8 Å². The van der Waals surface area contributed by atoms with Crippen LogP contribution in [0, 0.1) is 0 Å². The van der Waals surface area contributed by atoms with E-state index in [2.05, 4.69) is 25.0 Å². The molecule has 0 spiro atoms. The highest BCUT2D eigenvalue weighted by atomic mass is 35.5. The molecule has 0 unspecified atom stereocenters. The quantitative estimate of drug-likeness (QED) is 0.300. The lowest BCUT2D eigenvalue weighted by Gasteiger charge is -2.07. The van der Waals surface area contributed by atoms with Gasteiger partial charge < -0.3 is 4.74 Å². The van der Waals surface area contributed by atoms with Gasteiger partial charge in [0.15, 0.2) is 11.0 Å². The second kappa shape index (κ2) is 11.0. The molecule has 2 heterocycles. The topological polar surface area (TPSA) is 131 Å². The maximum Gasteiger partial charge on any atom is 0.280 e. The van der Waals surface area contributed by atoms with Gasteiger partial charge in [-0.25, -0.2) is 13.1 Å². The minimum absolute atomic E-state index is 0.0241. The van der Waals surface area contributed by atoms with Crippen LogP contribution in [-0.4, -0.2) is 41.2 Å². The van der Waals surface area contributed by atoms with E-state index >= 15 is 0 Å². The summed E-state index contributed by atoms with van der Waals surface area (Å²) < 4.78 is 34.4. The van der Waals surface area contributed by atoms with E-state index in [-0.39, 0.29) is 21.4 Å². The summed E-state index contributed by atoms with van der Waals surface area (Å²) in [5, 5.41) is 10.7. The van der Waals surface area contributed by atoms with Crippen molar-refractivity contribution in [1.29, 1.82) is 0 Å². The molecule has 0 amide bonds. The molecule has 2 aromatic carbocycles. The molecule has 0 bridgehead atoms. The lowest BCUT2D eigenvalue weighted by atomic mass is 10.1. The number of H-pyrrole nitrogens is 1. The largest absolute Gasteiger partial charge is 0.497 e. The summed E-state index contributed by atoms with van der Waals surface area (Å²) in [4.78, 5) is 18.0. The van der Waals surface area contributed by atoms with E-state index in [9.17, 15) is 13.2 Å². The molecule has 12 heteroatoms. The number of sulfonamides is 1. The van der Waals surface area contributed by atoms with Gasteiger partial charge in [-0.15, -0.1) is 10.2 Å². The number of benzene rings is 2. The Kier molecular flexibility index (Phi) is 7.74. The fraction of sp³-hybridized carbons (Fsp3) is 0.200. The number of halogens is 1. The zero-order chi connectivity index (χ0) is 26.6. The van der Waals surface area contributed by atoms with E-state index in [1.54, 1.807) is 50.4 Å². The van der Waals surface area contributed by atoms with Crippen molar-refractivity contribution < 1.29 is 13.2 Å². The molecule has 10 nitrogen and oxygen atoms in total. The van der Waals surface area contributed by atoms with Gasteiger partial charge >= 0.3 is 0 Å². The number of ether oxygens (including phenoxy) is 1. The zero-order valence-electron chi connectivity index (χ0n) is 20.4. The van der Waals surface area contributed by atoms with E-state index in [4.69, 9.17) is 16.3 Å². The van der Waals surface area contributed by atoms with Crippen molar-refractivity contribution in [2.45, 2.75) is 31.6 Å². The Morgan fingerprint density at radius 3 is 2.38 bits per heavy atom. The zero-order valence-corrected chi connectivity index (χ0v) is 22.0. The van der Waals surface area contributed by atoms with E-state index in [0.717, 1.165) is 12.1 Å². The molecule has 0 radical (unpaired) electrons. The molecule has 2 N–H and O–H groups in total. The number of rotatable bonds is 9. The standard InChI is InChI=1S/C25H25ClN6O4S/c1-4-5-21-24(25(33)32(30-21)18-8-10-19(36-3)11-9-18)16(2)27-17-6-12-20(13-7-17)37(34,35)31-23-15-14-22(26)28-29-23/h6-15,30H,4-5H2,1-3H3,(H,29,31). The van der Waals surface area contributed by atoms with Gasteiger partial charge in [0, 0.05) is 5.69 Å². The van der Waals surface area contributed by atoms with Crippen molar-refractivity contribution in [3.05, 3.63) is 87.4 Å². The fourth-order valence-electron chi connectivity index (χ4n) is 3.72. The van der Waals surface area contributed by atoms with Crippen LogP contribution >= 0.6 is 11.6 Å². The smallest absolute Gasteiger partial charge is 0.280 e. The van der Waals surface area contributed by atoms with Crippen molar-refractivity contribution >= 4 is 38.8 Å². The van der Waals surface area contributed by atoms with Crippen LogP contribution in [0.4, 0.5) is 11.5 Å². The summed E-state index contributed by atoms with van der Waals surface area (Å²) >= 11 is 5.69. The van der Waals surface area contributed by atoms with Crippen LogP contribution in [-0.2, 0) is 16.4 Å². The predicted molar refractivity (Wildman–Crippen MR) is 143 cm³/mol. The van der Waals surface area contributed by atoms with Crippen molar-refractivity contribution in [2.24, 2.45) is 4.99 Å². The first-order valence-corrected chi connectivity index (χ1v) is 13.2. The van der Waals surface area contributed by atoms with Gasteiger partial charge in [0.2, 0.25) is 0 Å². The molecular weight excluding hydrogens is 516 g/mol. The molecule has 0 aliphatic rings. The van der Waals surface area contributed by atoms with Gasteiger partial charge in [-0.2, -0.15) is 0 Å². The Labute approximate surface area is 219 Å². The molecule has 192 valence electrons. The highest BCUT2D eigenvalue weighted by molar-refractivity contribution is 7.92. The number of aryl methyl sites for hydroxylation is 1. The molecule has 37 heavy (non-hydrogen) atoms. The number of methoxy groups -OCH3 is 1. The number of nitrogens with zero attached hydrogens (tertiary/aromatic N) is 4. The summed E-state index contributed by atoms with van der Waals surface area (Å²) in [6.07, 6.45) is 1.50. The third kappa shape index (κ3) is 5.89. The summed E-state index contributed by atoms with van der Waals surface area (Å²) in [7, 11) is -2.30. The first kappa shape index (κ1) is 26.1. The Balaban J connectivity index is 1.62. The molecule has 0 aliphatic carbocycles. The van der Waals surface area contributed by atoms with Crippen LogP contribution in [0.3, 0.4) is 0 Å². The number of aromatic amines is 1. The van der Waals surface area contributed by atoms with E-state index in [1.807, 2.05) is 6.92 Å². The van der Waals surface area contributed by atoms with Crippen molar-refractivity contribution in [1.82, 2.24) is 20.0 Å². The van der Waals surface area contributed by atoms with Gasteiger partial charge in [-0.3, -0.25) is 19.6 Å². The van der Waals surface area contributed by atoms with Crippen LogP contribution in [0.2, 0.25) is 5.15 Å². The van der Waals surface area contributed by atoms with Crippen LogP contribution in [0.15, 0.2) is 75.3 Å². The Hall–Kier alpha value is -3.96. The second-order valence-electron chi connectivity index (χ2n) is 8.09. The first-order chi connectivity index (χ1) is 17.7. The van der Waals surface area contributed by atoms with Crippen molar-refractivity contribution in [2.75, 3.05) is 11.8 Å². The normalized spacial score (nSPS) is 11.9. The molecule has 4 aromatic rings. The number of hydrogen-bond donors (Lipinski definition) is 2. The lowest BCUT2D eigenvalue weighted by molar-refractivity contribution is 0.414. The number of hydrogen-bond acceptors (Lipinski definition) is 7. The first-order valence-electron chi connectivity index (χ1n) is 11.4. The highest BCUT2D eigenvalue weighted by Crippen LogP contribution is 2.21. The summed E-state index contributed by atoms with van der Waals surface area (Å²) in [5.41, 5.74) is 2.73. The second-order valence-corrected chi connectivity index (χ2v) is 10.2. The Morgan fingerprint density at radius 2 is 1.78 bits per heavy atom. The average Bonchev–Trinajstić information content (AvgIpc) is 3.21. The lowest BCUT2D eigenvalue weighted by Crippen LogP contribution is -2.19. The van der Waals surface area contributed by atoms with Crippen LogP contribution < -0.4 is 15.0 Å². The minimum atomic E-state index is -3.89. The molecule has 0 fully saturated rings. The maximum atomic E-state index is 13.3. The summed E-state index contributed by atoms with van der Waals surface area (Å²) in [5.74, 6) is 0.739. The third-order valence-corrected chi connectivity index (χ3v) is 7.04. The van der Waals surface area contributed by atoms with Crippen LogP contribution in [0.25, 0.3) is 5.69 Å². The van der Waals surface area contributed by atoms with E-state index < -0.39 is 10.0 Å². The van der Waals surface area contributed by atoms with Crippen molar-refractivity contribution in [3.63, 3.8) is 0 Å². The Bertz CT molecular complexity index is 1580. The average molecular weight is 541 g/mol. The van der Waals surface area contributed by atoms with Gasteiger partial charge in [0.25, 0.3) is 15.6 Å². The molecule has 0 saturated heterocycles. The molecule has 0 saturated carbocycles. The molecule has 0 aliphatic heterocycles. The summed E-state index contributed by atoms with van der Waals surface area (Å²) in [6, 6.07) is 16.0. The number of aliphatic imine (C=N–C) groups is 1. The van der Waals surface area contributed by atoms with Gasteiger partial charge in [-0.1, -0.05) is 24.9 Å². The van der Waals surface area contributed by atoms with E-state index in [1.165, 1.54) is 28.9 Å². The van der Waals surface area contributed by atoms with Crippen molar-refractivity contribution in [3.8, 4) is 11.4 Å². The summed E-state index contributed by atoms with van der Waals surface area (Å²) in [6.45, 7) is 3.79. The molecule has 2 aromatic heterocycles. The predicted octanol–water partition coefficient (Wildman–Crippen LogP) is 4.51. The third-order valence-electron chi connectivity index (χ3n) is 5.47. The minimum Gasteiger partial charge on any atom is -0.497 e. The van der Waals surface area contributed by atoms with Gasteiger partial charge in [0.05, 0.1) is 34.7 Å². The van der Waals surface area contributed by atoms with Crippen LogP contribution in [0.1, 0.15) is 31.5 Å². The number of aromatic nitrogens is 4. The fourth-order valence-corrected chi connectivity index (χ4v) is 4.81. The number of nitrogens with one attached hydrogen (secondary N) is 2. The maximum absolute atomic E-state index is 13.3. The molecular formula is C25H25ClN6O4S. The van der Waals surface area contributed by atoms with Gasteiger partial charge in [0.1, 0.15) is 5.75 Å². The Morgan fingerprint density at radius 1 is 1.08 bits per heavy atom. The molecule has 4 rings (SSSR count). The monoisotopic (exact) mass is 540 g/mol. The highest BCUT2D eigenvalue weighted by Gasteiger charge is 2.18. The van der Waals surface area contributed by atoms with Crippen LogP contribution in [0.5, 0.6) is 5.75 Å². The molecule has 0 atom stereocenters. The number of anilines is 1. The SMILES string of the molecule is CCCc1[nH]n(-c2ccc(OC)cc2)c(=O)c1C(C)=Nc1ccc(S(=O)(=O)Nc2ccc(Cl)nn2)cc1. The van der Waals surface area contributed by atoms with Gasteiger partial charge in [-0.05, 0) is 74.0 Å².